The van der Waals surface area contributed by atoms with Crippen LogP contribution in [0, 0.1) is 0 Å². The first-order valence-electron chi connectivity index (χ1n) is 8.39. The first-order valence-corrected chi connectivity index (χ1v) is 8.39. The fraction of sp³-hybridized carbons (Fsp3) is 0.300. The Morgan fingerprint density at radius 3 is 2.92 bits per heavy atom. The maximum atomic E-state index is 9.96. The second kappa shape index (κ2) is 5.17. The smallest absolute Gasteiger partial charge is 0.231 e. The molecule has 0 amide bonds. The number of hydrogen-bond donors (Lipinski definition) is 1. The van der Waals surface area contributed by atoms with Crippen LogP contribution >= 0.6 is 0 Å². The van der Waals surface area contributed by atoms with Gasteiger partial charge in [-0.2, -0.15) is 0 Å². The highest BCUT2D eigenvalue weighted by Gasteiger charge is 2.34. The molecular weight excluding hydrogens is 318 g/mol. The molecule has 25 heavy (non-hydrogen) atoms. The molecule has 0 spiro atoms. The van der Waals surface area contributed by atoms with Gasteiger partial charge in [-0.15, -0.1) is 0 Å². The summed E-state index contributed by atoms with van der Waals surface area (Å²) in [6.45, 7) is 0.921. The third-order valence-electron chi connectivity index (χ3n) is 5.36. The molecule has 0 saturated carbocycles. The van der Waals surface area contributed by atoms with Crippen molar-refractivity contribution in [3.8, 4) is 11.5 Å². The number of allylic oxidation sites excluding steroid dienone is 4. The summed E-state index contributed by atoms with van der Waals surface area (Å²) >= 11 is 0. The number of methoxy groups -OCH3 is 1. The predicted molar refractivity (Wildman–Crippen MR) is 93.3 cm³/mol. The lowest BCUT2D eigenvalue weighted by molar-refractivity contribution is 0.170. The highest BCUT2D eigenvalue weighted by Crippen LogP contribution is 2.45. The summed E-state index contributed by atoms with van der Waals surface area (Å²) in [5, 5.41) is 12.2. The van der Waals surface area contributed by atoms with Crippen LogP contribution in [0.1, 0.15) is 17.0 Å². The quantitative estimate of drug-likeness (QED) is 0.868. The maximum absolute atomic E-state index is 9.96. The van der Waals surface area contributed by atoms with Crippen molar-refractivity contribution in [1.82, 2.24) is 4.90 Å². The molecule has 2 heterocycles. The standard InChI is InChI=1S/C20H19NO4/c1-21-6-5-14-15(9-22)19-20(25-10-24-19)18-13-4-3-12(23-2)7-11(13)8-16(21)17(14)18/h3-5,7-8,13,22H,6,9-10H2,1-2H3/t13-/m1/s1. The minimum absolute atomic E-state index is 0.0629. The minimum Gasteiger partial charge on any atom is -0.497 e. The zero-order valence-electron chi connectivity index (χ0n) is 14.2. The average molecular weight is 337 g/mol. The van der Waals surface area contributed by atoms with Crippen LogP contribution in [0.3, 0.4) is 0 Å². The second-order valence-corrected chi connectivity index (χ2v) is 6.61. The lowest BCUT2D eigenvalue weighted by Gasteiger charge is -2.32. The van der Waals surface area contributed by atoms with E-state index in [1.165, 1.54) is 5.57 Å². The summed E-state index contributed by atoms with van der Waals surface area (Å²) in [6, 6.07) is 0. The SMILES string of the molecule is COC1=CC2=CC3=c4c(c5c(c(CO)c4=CCN3C)OCO5)[C@@H]2C=C1. The Bertz CT molecular complexity index is 1000. The molecule has 5 nitrogen and oxygen atoms in total. The summed E-state index contributed by atoms with van der Waals surface area (Å²) in [5.41, 5.74) is 4.27. The van der Waals surface area contributed by atoms with E-state index >= 15 is 0 Å². The number of aliphatic hydroxyl groups is 1. The molecule has 5 heteroatoms. The number of aliphatic hydroxyl groups excluding tert-OH is 1. The van der Waals surface area contributed by atoms with Crippen molar-refractivity contribution in [2.24, 2.45) is 0 Å². The van der Waals surface area contributed by atoms with Crippen molar-refractivity contribution in [2.75, 3.05) is 27.5 Å². The Morgan fingerprint density at radius 2 is 2.12 bits per heavy atom. The van der Waals surface area contributed by atoms with Gasteiger partial charge in [-0.1, -0.05) is 12.2 Å². The van der Waals surface area contributed by atoms with Crippen LogP contribution in [0.25, 0.3) is 11.8 Å². The number of ether oxygens (including phenoxy) is 3. The van der Waals surface area contributed by atoms with Crippen molar-refractivity contribution in [2.45, 2.75) is 12.5 Å². The summed E-state index contributed by atoms with van der Waals surface area (Å²) < 4.78 is 17.0. The van der Waals surface area contributed by atoms with Gasteiger partial charge in [-0.05, 0) is 29.0 Å². The van der Waals surface area contributed by atoms with Gasteiger partial charge in [0.2, 0.25) is 6.79 Å². The molecule has 0 fully saturated rings. The Hall–Kier alpha value is -2.66. The van der Waals surface area contributed by atoms with Gasteiger partial charge in [0.05, 0.1) is 13.7 Å². The first-order chi connectivity index (χ1) is 12.2. The molecule has 0 radical (unpaired) electrons. The number of likely N-dealkylation sites (N-methyl/N-ethyl adjacent to an activating group) is 1. The third kappa shape index (κ3) is 1.87. The number of fused-ring (bicyclic) bond motifs is 4. The number of rotatable bonds is 2. The van der Waals surface area contributed by atoms with E-state index in [4.69, 9.17) is 14.2 Å². The monoisotopic (exact) mass is 337 g/mol. The van der Waals surface area contributed by atoms with Crippen molar-refractivity contribution in [3.63, 3.8) is 0 Å². The van der Waals surface area contributed by atoms with Gasteiger partial charge in [0, 0.05) is 41.6 Å². The summed E-state index contributed by atoms with van der Waals surface area (Å²) in [6.07, 6.45) is 10.6. The van der Waals surface area contributed by atoms with E-state index in [-0.39, 0.29) is 19.3 Å². The van der Waals surface area contributed by atoms with Crippen LogP contribution < -0.4 is 19.9 Å². The highest BCUT2D eigenvalue weighted by molar-refractivity contribution is 5.74. The van der Waals surface area contributed by atoms with Gasteiger partial charge in [-0.25, -0.2) is 0 Å². The molecule has 0 bridgehead atoms. The molecule has 0 aromatic heterocycles. The van der Waals surface area contributed by atoms with Crippen molar-refractivity contribution < 1.29 is 19.3 Å². The van der Waals surface area contributed by atoms with Crippen molar-refractivity contribution in [3.05, 3.63) is 57.2 Å². The number of nitrogens with zero attached hydrogens (tertiary/aromatic N) is 1. The zero-order chi connectivity index (χ0) is 17.1. The molecule has 1 aromatic carbocycles. The molecule has 4 aliphatic rings. The van der Waals surface area contributed by atoms with Crippen LogP contribution in [0.4, 0.5) is 0 Å². The Morgan fingerprint density at radius 1 is 1.28 bits per heavy atom. The molecule has 128 valence electrons. The lowest BCUT2D eigenvalue weighted by Crippen LogP contribution is -2.44. The average Bonchev–Trinajstić information content (AvgIpc) is 3.12. The van der Waals surface area contributed by atoms with Crippen LogP contribution in [0.15, 0.2) is 35.6 Å². The largest absolute Gasteiger partial charge is 0.497 e. The minimum atomic E-state index is -0.0629. The van der Waals surface area contributed by atoms with Gasteiger partial charge < -0.3 is 24.2 Å². The molecule has 5 rings (SSSR count). The Balaban J connectivity index is 1.92. The lowest BCUT2D eigenvalue weighted by atomic mass is 9.79. The summed E-state index contributed by atoms with van der Waals surface area (Å²) in [4.78, 5) is 2.22. The zero-order valence-corrected chi connectivity index (χ0v) is 14.2. The fourth-order valence-corrected chi connectivity index (χ4v) is 4.17. The van der Waals surface area contributed by atoms with Crippen LogP contribution in [-0.4, -0.2) is 37.5 Å². The van der Waals surface area contributed by atoms with E-state index in [0.29, 0.717) is 5.75 Å². The Kier molecular flexibility index (Phi) is 3.03. The second-order valence-electron chi connectivity index (χ2n) is 6.61. The van der Waals surface area contributed by atoms with E-state index in [0.717, 1.165) is 45.3 Å². The van der Waals surface area contributed by atoms with Gasteiger partial charge in [0.25, 0.3) is 0 Å². The Labute approximate surface area is 145 Å². The molecule has 0 unspecified atom stereocenters. The molecule has 2 aliphatic carbocycles. The summed E-state index contributed by atoms with van der Waals surface area (Å²) in [7, 11) is 3.77. The molecular formula is C20H19NO4. The fourth-order valence-electron chi connectivity index (χ4n) is 4.17. The number of benzene rings is 1. The number of hydrogen-bond acceptors (Lipinski definition) is 5. The van der Waals surface area contributed by atoms with Crippen LogP contribution in [-0.2, 0) is 11.3 Å². The van der Waals surface area contributed by atoms with Gasteiger partial charge in [0.1, 0.15) is 5.76 Å². The van der Waals surface area contributed by atoms with Gasteiger partial charge >= 0.3 is 0 Å². The maximum Gasteiger partial charge on any atom is 0.231 e. The van der Waals surface area contributed by atoms with E-state index in [2.05, 4.69) is 36.3 Å². The first kappa shape index (κ1) is 14.7. The van der Waals surface area contributed by atoms with E-state index in [9.17, 15) is 5.11 Å². The summed E-state index contributed by atoms with van der Waals surface area (Å²) in [5.74, 6) is 2.39. The van der Waals surface area contributed by atoms with E-state index < -0.39 is 0 Å². The van der Waals surface area contributed by atoms with Gasteiger partial charge in [-0.3, -0.25) is 0 Å². The molecule has 2 aliphatic heterocycles. The predicted octanol–water partition coefficient (Wildman–Crippen LogP) is 0.865. The van der Waals surface area contributed by atoms with Crippen LogP contribution in [0.5, 0.6) is 11.5 Å². The topological polar surface area (TPSA) is 51.2 Å². The third-order valence-corrected chi connectivity index (χ3v) is 5.36. The van der Waals surface area contributed by atoms with Crippen molar-refractivity contribution >= 4 is 11.8 Å². The molecule has 1 aromatic rings. The van der Waals surface area contributed by atoms with E-state index in [1.54, 1.807) is 7.11 Å². The highest BCUT2D eigenvalue weighted by atomic mass is 16.7. The van der Waals surface area contributed by atoms with Gasteiger partial charge in [0.15, 0.2) is 11.5 Å². The molecule has 1 N–H and O–H groups in total. The van der Waals surface area contributed by atoms with Crippen molar-refractivity contribution in [1.29, 1.82) is 0 Å². The van der Waals surface area contributed by atoms with Crippen LogP contribution in [0.2, 0.25) is 0 Å². The molecule has 0 saturated heterocycles. The molecule has 1 atom stereocenters. The van der Waals surface area contributed by atoms with E-state index in [1.807, 2.05) is 6.08 Å². The normalized spacial score (nSPS) is 22.0.